The number of hydroxylamine groups is 1. The van der Waals surface area contributed by atoms with Gasteiger partial charge in [0.05, 0.1) is 11.5 Å². The summed E-state index contributed by atoms with van der Waals surface area (Å²) in [7, 11) is 0. The Morgan fingerprint density at radius 2 is 1.63 bits per heavy atom. The lowest BCUT2D eigenvalue weighted by Gasteiger charge is -2.16. The van der Waals surface area contributed by atoms with Crippen molar-refractivity contribution in [1.29, 1.82) is 0 Å². The van der Waals surface area contributed by atoms with E-state index in [1.807, 2.05) is 6.07 Å². The number of carbonyl (C=O) groups excluding carboxylic acids is 1. The van der Waals surface area contributed by atoms with Crippen LogP contribution in [0.3, 0.4) is 0 Å². The molecular formula is C22H15F2NO2. The van der Waals surface area contributed by atoms with Gasteiger partial charge < -0.3 is 0 Å². The Morgan fingerprint density at radius 1 is 0.889 bits per heavy atom. The molecule has 0 aliphatic rings. The minimum atomic E-state index is -0.736. The average Bonchev–Trinajstić information content (AvgIpc) is 2.68. The maximum atomic E-state index is 13.7. The highest BCUT2D eigenvalue weighted by Gasteiger charge is 2.22. The number of hydrogen-bond donors (Lipinski definition) is 2. The molecule has 0 bridgehead atoms. The van der Waals surface area contributed by atoms with Crippen LogP contribution in [0.5, 0.6) is 0 Å². The lowest BCUT2D eigenvalue weighted by Crippen LogP contribution is -2.27. The predicted octanol–water partition coefficient (Wildman–Crippen LogP) is 4.00. The fourth-order valence-corrected chi connectivity index (χ4v) is 2.73. The zero-order chi connectivity index (χ0) is 19.2. The van der Waals surface area contributed by atoms with E-state index >= 15 is 0 Å². The molecule has 3 aromatic rings. The van der Waals surface area contributed by atoms with E-state index in [0.29, 0.717) is 16.7 Å². The first-order valence-electron chi connectivity index (χ1n) is 8.14. The minimum absolute atomic E-state index is 0.0783. The third kappa shape index (κ3) is 4.38. The number of halogens is 2. The molecule has 1 unspecified atom stereocenters. The zero-order valence-corrected chi connectivity index (χ0v) is 14.1. The maximum Gasteiger partial charge on any atom is 0.255 e. The molecule has 1 atom stereocenters. The van der Waals surface area contributed by atoms with E-state index in [2.05, 4.69) is 11.8 Å². The van der Waals surface area contributed by atoms with Crippen molar-refractivity contribution in [3.63, 3.8) is 0 Å². The second kappa shape index (κ2) is 8.26. The van der Waals surface area contributed by atoms with Gasteiger partial charge in [-0.2, -0.15) is 0 Å². The molecular weight excluding hydrogens is 348 g/mol. The van der Waals surface area contributed by atoms with Gasteiger partial charge in [0.15, 0.2) is 0 Å². The van der Waals surface area contributed by atoms with Crippen LogP contribution in [-0.4, -0.2) is 11.1 Å². The molecule has 0 saturated carbocycles. The van der Waals surface area contributed by atoms with Crippen LogP contribution in [0.1, 0.15) is 28.2 Å². The largest absolute Gasteiger partial charge is 0.289 e. The van der Waals surface area contributed by atoms with Crippen LogP contribution in [0.4, 0.5) is 8.78 Å². The lowest BCUT2D eigenvalue weighted by molar-refractivity contribution is -0.129. The van der Waals surface area contributed by atoms with Gasteiger partial charge >= 0.3 is 0 Å². The molecule has 3 nitrogen and oxygen atoms in total. The van der Waals surface area contributed by atoms with E-state index in [1.165, 1.54) is 6.07 Å². The number of carbonyl (C=O) groups is 1. The van der Waals surface area contributed by atoms with Crippen LogP contribution in [-0.2, 0) is 4.79 Å². The van der Waals surface area contributed by atoms with Crippen LogP contribution in [0.2, 0.25) is 0 Å². The van der Waals surface area contributed by atoms with Crippen molar-refractivity contribution in [2.75, 3.05) is 0 Å². The van der Waals surface area contributed by atoms with Gasteiger partial charge in [0, 0.05) is 11.6 Å². The van der Waals surface area contributed by atoms with Gasteiger partial charge in [-0.1, -0.05) is 54.3 Å². The quantitative estimate of drug-likeness (QED) is 0.420. The normalized spacial score (nSPS) is 11.2. The van der Waals surface area contributed by atoms with Gasteiger partial charge in [-0.3, -0.25) is 10.0 Å². The summed E-state index contributed by atoms with van der Waals surface area (Å²) in [6.45, 7) is 0. The minimum Gasteiger partial charge on any atom is -0.289 e. The molecule has 27 heavy (non-hydrogen) atoms. The lowest BCUT2D eigenvalue weighted by atomic mass is 9.90. The second-order valence-electron chi connectivity index (χ2n) is 5.82. The Morgan fingerprint density at radius 3 is 2.33 bits per heavy atom. The fraction of sp³-hybridized carbons (Fsp3) is 0.0455. The molecule has 3 rings (SSSR count). The van der Waals surface area contributed by atoms with Crippen molar-refractivity contribution in [3.05, 3.63) is 107 Å². The first kappa shape index (κ1) is 18.3. The molecule has 5 heteroatoms. The second-order valence-corrected chi connectivity index (χ2v) is 5.82. The topological polar surface area (TPSA) is 49.3 Å². The van der Waals surface area contributed by atoms with Crippen molar-refractivity contribution < 1.29 is 18.8 Å². The first-order valence-corrected chi connectivity index (χ1v) is 8.14. The summed E-state index contributed by atoms with van der Waals surface area (Å²) in [5.41, 5.74) is 3.66. The Kier molecular flexibility index (Phi) is 5.60. The molecule has 1 amide bonds. The highest BCUT2D eigenvalue weighted by molar-refractivity contribution is 5.86. The molecule has 0 spiro atoms. The predicted molar refractivity (Wildman–Crippen MR) is 97.0 cm³/mol. The van der Waals surface area contributed by atoms with Crippen molar-refractivity contribution in [2.45, 2.75) is 5.92 Å². The molecule has 0 heterocycles. The number of amides is 1. The van der Waals surface area contributed by atoms with Crippen molar-refractivity contribution in [2.24, 2.45) is 0 Å². The smallest absolute Gasteiger partial charge is 0.255 e. The SMILES string of the molecule is O=C(NO)C(c1ccccc1)c1cccc(C#Cc2ccc(F)cc2F)c1. The van der Waals surface area contributed by atoms with Crippen molar-refractivity contribution in [1.82, 2.24) is 5.48 Å². The van der Waals surface area contributed by atoms with Gasteiger partial charge in [-0.05, 0) is 35.4 Å². The Hall–Kier alpha value is -3.49. The average molecular weight is 363 g/mol. The number of benzene rings is 3. The standard InChI is InChI=1S/C22H15F2NO2/c23-19-12-11-16(20(24)14-19)10-9-15-5-4-8-18(13-15)21(22(26)25-27)17-6-2-1-3-7-17/h1-8,11-14,21,27H,(H,25,26). The zero-order valence-electron chi connectivity index (χ0n) is 14.1. The van der Waals surface area contributed by atoms with Gasteiger partial charge in [0.1, 0.15) is 11.6 Å². The summed E-state index contributed by atoms with van der Waals surface area (Å²) >= 11 is 0. The molecule has 0 saturated heterocycles. The summed E-state index contributed by atoms with van der Waals surface area (Å²) in [5, 5.41) is 9.10. The van der Waals surface area contributed by atoms with Crippen molar-refractivity contribution >= 4 is 5.91 Å². The van der Waals surface area contributed by atoms with E-state index in [1.54, 1.807) is 54.0 Å². The highest BCUT2D eigenvalue weighted by Crippen LogP contribution is 2.25. The summed E-state index contributed by atoms with van der Waals surface area (Å²) in [6.07, 6.45) is 0. The van der Waals surface area contributed by atoms with Crippen molar-refractivity contribution in [3.8, 4) is 11.8 Å². The third-order valence-electron chi connectivity index (χ3n) is 4.00. The van der Waals surface area contributed by atoms with Gasteiger partial charge in [-0.25, -0.2) is 14.3 Å². The molecule has 0 radical (unpaired) electrons. The summed E-state index contributed by atoms with van der Waals surface area (Å²) < 4.78 is 26.7. The van der Waals surface area contributed by atoms with Gasteiger partial charge in [-0.15, -0.1) is 0 Å². The van der Waals surface area contributed by atoms with E-state index in [-0.39, 0.29) is 5.56 Å². The summed E-state index contributed by atoms with van der Waals surface area (Å²) in [4.78, 5) is 12.2. The monoisotopic (exact) mass is 363 g/mol. The Labute approximate surface area is 155 Å². The van der Waals surface area contributed by atoms with Crippen LogP contribution in [0.25, 0.3) is 0 Å². The Bertz CT molecular complexity index is 1020. The van der Waals surface area contributed by atoms with E-state index in [9.17, 15) is 13.6 Å². The molecule has 0 aromatic heterocycles. The van der Waals surface area contributed by atoms with Crippen LogP contribution in [0, 0.1) is 23.5 Å². The molecule has 2 N–H and O–H groups in total. The number of rotatable bonds is 3. The maximum absolute atomic E-state index is 13.7. The van der Waals surface area contributed by atoms with E-state index in [0.717, 1.165) is 12.1 Å². The van der Waals surface area contributed by atoms with Crippen LogP contribution >= 0.6 is 0 Å². The number of hydrogen-bond acceptors (Lipinski definition) is 2. The molecule has 134 valence electrons. The highest BCUT2D eigenvalue weighted by atomic mass is 19.1. The molecule has 0 aliphatic heterocycles. The van der Waals surface area contributed by atoms with Crippen LogP contribution < -0.4 is 5.48 Å². The fourth-order valence-electron chi connectivity index (χ4n) is 2.73. The summed E-state index contributed by atoms with van der Waals surface area (Å²) in [5.74, 6) is 2.79. The summed E-state index contributed by atoms with van der Waals surface area (Å²) in [6, 6.07) is 19.1. The first-order chi connectivity index (χ1) is 13.1. The molecule has 3 aromatic carbocycles. The van der Waals surface area contributed by atoms with E-state index < -0.39 is 23.5 Å². The third-order valence-corrected chi connectivity index (χ3v) is 4.00. The van der Waals surface area contributed by atoms with Gasteiger partial charge in [0.2, 0.25) is 0 Å². The van der Waals surface area contributed by atoms with Gasteiger partial charge in [0.25, 0.3) is 5.91 Å². The number of nitrogens with one attached hydrogen (secondary N) is 1. The molecule has 0 fully saturated rings. The van der Waals surface area contributed by atoms with E-state index in [4.69, 9.17) is 5.21 Å². The molecule has 0 aliphatic carbocycles. The van der Waals surface area contributed by atoms with Crippen LogP contribution in [0.15, 0.2) is 72.8 Å². The Balaban J connectivity index is 1.97.